The zero-order valence-corrected chi connectivity index (χ0v) is 16.4. The van der Waals surface area contributed by atoms with Crippen LogP contribution in [0.25, 0.3) is 0 Å². The average molecular weight is 391 g/mol. The molecule has 2 aromatic rings. The van der Waals surface area contributed by atoms with Gasteiger partial charge in [-0.2, -0.15) is 0 Å². The highest BCUT2D eigenvalue weighted by Gasteiger charge is 2.23. The predicted octanol–water partition coefficient (Wildman–Crippen LogP) is 2.09. The van der Waals surface area contributed by atoms with E-state index in [0.29, 0.717) is 26.2 Å². The molecular formula is C20H26N2O4S. The number of β-amino-alcohol motifs (C(OH)–C–C–N with tert-alkyl or cyclic N) is 1. The number of hydrogen-bond donors (Lipinski definition) is 1. The molecule has 0 radical (unpaired) electrons. The topological polar surface area (TPSA) is 62.2 Å². The standard InChI is InChI=1S/C20H26N2O4S/c1-25-18-5-2-4-16(12-18)14-26-15-17(23)13-21-7-9-22(10-8-21)20(24)19-6-3-11-27-19/h2-6,11-12,17,23H,7-10,13-15H2,1H3. The number of amides is 1. The van der Waals surface area contributed by atoms with Gasteiger partial charge in [-0.25, -0.2) is 0 Å². The lowest BCUT2D eigenvalue weighted by molar-refractivity contribution is 0.00207. The van der Waals surface area contributed by atoms with Crippen LogP contribution in [0.1, 0.15) is 15.2 Å². The van der Waals surface area contributed by atoms with Crippen LogP contribution in [0.2, 0.25) is 0 Å². The van der Waals surface area contributed by atoms with Gasteiger partial charge < -0.3 is 19.5 Å². The molecule has 1 saturated heterocycles. The highest BCUT2D eigenvalue weighted by Crippen LogP contribution is 2.15. The molecule has 0 spiro atoms. The normalized spacial score (nSPS) is 16.3. The highest BCUT2D eigenvalue weighted by molar-refractivity contribution is 7.12. The number of piperazine rings is 1. The third kappa shape index (κ3) is 5.77. The van der Waals surface area contributed by atoms with Crippen molar-refractivity contribution in [1.82, 2.24) is 9.80 Å². The fraction of sp³-hybridized carbons (Fsp3) is 0.450. The van der Waals surface area contributed by atoms with Crippen LogP contribution in [0.15, 0.2) is 41.8 Å². The third-order valence-electron chi connectivity index (χ3n) is 4.57. The van der Waals surface area contributed by atoms with E-state index in [1.165, 1.54) is 11.3 Å². The van der Waals surface area contributed by atoms with Crippen LogP contribution in [-0.4, -0.2) is 73.4 Å². The van der Waals surface area contributed by atoms with Crippen molar-refractivity contribution >= 4 is 17.2 Å². The smallest absolute Gasteiger partial charge is 0.264 e. The zero-order chi connectivity index (χ0) is 19.1. The van der Waals surface area contributed by atoms with Crippen LogP contribution in [-0.2, 0) is 11.3 Å². The number of nitrogens with zero attached hydrogens (tertiary/aromatic N) is 2. The summed E-state index contributed by atoms with van der Waals surface area (Å²) in [5.74, 6) is 0.901. The zero-order valence-electron chi connectivity index (χ0n) is 15.5. The lowest BCUT2D eigenvalue weighted by Gasteiger charge is -2.35. The van der Waals surface area contributed by atoms with Crippen molar-refractivity contribution in [3.63, 3.8) is 0 Å². The Balaban J connectivity index is 1.35. The summed E-state index contributed by atoms with van der Waals surface area (Å²) in [5.41, 5.74) is 1.02. The molecule has 0 aliphatic carbocycles. The second-order valence-corrected chi connectivity index (χ2v) is 7.54. The Kier molecular flexibility index (Phi) is 7.23. The number of benzene rings is 1. The first-order valence-electron chi connectivity index (χ1n) is 9.09. The summed E-state index contributed by atoms with van der Waals surface area (Å²) in [7, 11) is 1.64. The molecular weight excluding hydrogens is 364 g/mol. The van der Waals surface area contributed by atoms with Crippen molar-refractivity contribution in [3.8, 4) is 5.75 Å². The summed E-state index contributed by atoms with van der Waals surface area (Å²) in [6, 6.07) is 11.5. The Bertz CT molecular complexity index is 715. The Morgan fingerprint density at radius 2 is 2.04 bits per heavy atom. The number of methoxy groups -OCH3 is 1. The Morgan fingerprint density at radius 1 is 1.22 bits per heavy atom. The maximum absolute atomic E-state index is 12.4. The number of hydrogen-bond acceptors (Lipinski definition) is 6. The number of ether oxygens (including phenoxy) is 2. The molecule has 1 aromatic heterocycles. The molecule has 1 N–H and O–H groups in total. The molecule has 1 fully saturated rings. The van der Waals surface area contributed by atoms with E-state index < -0.39 is 6.10 Å². The molecule has 3 rings (SSSR count). The Morgan fingerprint density at radius 3 is 2.74 bits per heavy atom. The number of rotatable bonds is 8. The van der Waals surface area contributed by atoms with Gasteiger partial charge in [0.2, 0.25) is 0 Å². The Labute approximate surface area is 163 Å². The summed E-state index contributed by atoms with van der Waals surface area (Å²) in [6.45, 7) is 4.19. The number of aliphatic hydroxyl groups is 1. The van der Waals surface area contributed by atoms with Gasteiger partial charge in [0.25, 0.3) is 5.91 Å². The first-order chi connectivity index (χ1) is 13.2. The van der Waals surface area contributed by atoms with E-state index in [1.54, 1.807) is 7.11 Å². The number of aliphatic hydroxyl groups excluding tert-OH is 1. The summed E-state index contributed by atoms with van der Waals surface area (Å²) in [4.78, 5) is 17.2. The van der Waals surface area contributed by atoms with Crippen LogP contribution in [0.5, 0.6) is 5.75 Å². The minimum atomic E-state index is -0.546. The summed E-state index contributed by atoms with van der Waals surface area (Å²) < 4.78 is 10.8. The molecule has 1 aliphatic rings. The summed E-state index contributed by atoms with van der Waals surface area (Å²) in [6.07, 6.45) is -0.546. The van der Waals surface area contributed by atoms with Crippen LogP contribution in [0, 0.1) is 0 Å². The quantitative estimate of drug-likeness (QED) is 0.748. The van der Waals surface area contributed by atoms with Crippen LogP contribution >= 0.6 is 11.3 Å². The van der Waals surface area contributed by atoms with E-state index in [-0.39, 0.29) is 12.5 Å². The van der Waals surface area contributed by atoms with Crippen molar-refractivity contribution in [3.05, 3.63) is 52.2 Å². The second kappa shape index (κ2) is 9.85. The van der Waals surface area contributed by atoms with Crippen molar-refractivity contribution in [1.29, 1.82) is 0 Å². The average Bonchev–Trinajstić information content (AvgIpc) is 3.23. The summed E-state index contributed by atoms with van der Waals surface area (Å²) >= 11 is 1.48. The highest BCUT2D eigenvalue weighted by atomic mass is 32.1. The van der Waals surface area contributed by atoms with Crippen molar-refractivity contribution in [2.24, 2.45) is 0 Å². The van der Waals surface area contributed by atoms with Gasteiger partial charge in [-0.15, -0.1) is 11.3 Å². The van der Waals surface area contributed by atoms with Crippen LogP contribution in [0.3, 0.4) is 0 Å². The van der Waals surface area contributed by atoms with Crippen molar-refractivity contribution in [2.75, 3.05) is 46.4 Å². The van der Waals surface area contributed by atoms with E-state index in [4.69, 9.17) is 9.47 Å². The number of thiophene rings is 1. The monoisotopic (exact) mass is 390 g/mol. The van der Waals surface area contributed by atoms with E-state index in [2.05, 4.69) is 4.90 Å². The largest absolute Gasteiger partial charge is 0.497 e. The minimum absolute atomic E-state index is 0.104. The molecule has 2 heterocycles. The van der Waals surface area contributed by atoms with Gasteiger partial charge in [-0.1, -0.05) is 18.2 Å². The van der Waals surface area contributed by atoms with Gasteiger partial charge in [0.1, 0.15) is 5.75 Å². The van der Waals surface area contributed by atoms with Crippen molar-refractivity contribution in [2.45, 2.75) is 12.7 Å². The molecule has 0 bridgehead atoms. The summed E-state index contributed by atoms with van der Waals surface area (Å²) in [5, 5.41) is 12.2. The maximum Gasteiger partial charge on any atom is 0.264 e. The molecule has 146 valence electrons. The van der Waals surface area contributed by atoms with Crippen molar-refractivity contribution < 1.29 is 19.4 Å². The first kappa shape index (κ1) is 19.8. The predicted molar refractivity (Wildman–Crippen MR) is 105 cm³/mol. The molecule has 27 heavy (non-hydrogen) atoms. The van der Waals surface area contributed by atoms with Gasteiger partial charge in [0, 0.05) is 32.7 Å². The van der Waals surface area contributed by atoms with Crippen LogP contribution in [0.4, 0.5) is 0 Å². The van der Waals surface area contributed by atoms with E-state index in [0.717, 1.165) is 29.3 Å². The fourth-order valence-corrected chi connectivity index (χ4v) is 3.81. The molecule has 1 amide bonds. The SMILES string of the molecule is COc1cccc(COCC(O)CN2CCN(C(=O)c3cccs3)CC2)c1. The van der Waals surface area contributed by atoms with Gasteiger partial charge in [-0.05, 0) is 29.1 Å². The van der Waals surface area contributed by atoms with Gasteiger partial charge in [-0.3, -0.25) is 9.69 Å². The van der Waals surface area contributed by atoms with Gasteiger partial charge in [0.15, 0.2) is 0 Å². The first-order valence-corrected chi connectivity index (χ1v) is 9.97. The lowest BCUT2D eigenvalue weighted by atomic mass is 10.2. The molecule has 7 heteroatoms. The minimum Gasteiger partial charge on any atom is -0.497 e. The van der Waals surface area contributed by atoms with E-state index in [9.17, 15) is 9.90 Å². The maximum atomic E-state index is 12.4. The number of carbonyl (C=O) groups is 1. The molecule has 1 aliphatic heterocycles. The molecule has 6 nitrogen and oxygen atoms in total. The second-order valence-electron chi connectivity index (χ2n) is 6.59. The Hall–Kier alpha value is -1.93. The van der Waals surface area contributed by atoms with E-state index in [1.807, 2.05) is 46.7 Å². The van der Waals surface area contributed by atoms with Crippen LogP contribution < -0.4 is 4.74 Å². The fourth-order valence-electron chi connectivity index (χ4n) is 3.12. The number of carbonyl (C=O) groups excluding carboxylic acids is 1. The lowest BCUT2D eigenvalue weighted by Crippen LogP contribution is -2.50. The molecule has 0 saturated carbocycles. The van der Waals surface area contributed by atoms with Gasteiger partial charge in [0.05, 0.1) is 31.3 Å². The molecule has 1 unspecified atom stereocenters. The van der Waals surface area contributed by atoms with Gasteiger partial charge >= 0.3 is 0 Å². The molecule has 1 aromatic carbocycles. The third-order valence-corrected chi connectivity index (χ3v) is 5.43. The van der Waals surface area contributed by atoms with E-state index >= 15 is 0 Å². The molecule has 1 atom stereocenters.